The number of halogens is 2. The van der Waals surface area contributed by atoms with Gasteiger partial charge in [0.2, 0.25) is 0 Å². The Morgan fingerprint density at radius 1 is 1.13 bits per heavy atom. The van der Waals surface area contributed by atoms with Crippen molar-refractivity contribution in [2.45, 2.75) is 18.4 Å². The van der Waals surface area contributed by atoms with E-state index in [0.717, 1.165) is 0 Å². The third-order valence-electron chi connectivity index (χ3n) is 4.06. The van der Waals surface area contributed by atoms with Crippen molar-refractivity contribution in [2.75, 3.05) is 52.4 Å². The quantitative estimate of drug-likeness (QED) is 0.107. The largest absolute Gasteiger partial charge is 0.394 e. The molecule has 2 amide bonds. The van der Waals surface area contributed by atoms with Crippen LogP contribution in [-0.4, -0.2) is 108 Å². The molecule has 0 saturated carbocycles. The third-order valence-corrected chi connectivity index (χ3v) is 6.30. The number of ether oxygens (including phenoxy) is 1. The summed E-state index contributed by atoms with van der Waals surface area (Å²) in [7, 11) is 2.86. The lowest BCUT2D eigenvalue weighted by molar-refractivity contribution is 0.0518. The van der Waals surface area contributed by atoms with Gasteiger partial charge in [0, 0.05) is 30.8 Å². The van der Waals surface area contributed by atoms with E-state index in [0.29, 0.717) is 12.8 Å². The van der Waals surface area contributed by atoms with Crippen LogP contribution in [0.1, 0.15) is 20.7 Å². The van der Waals surface area contributed by atoms with E-state index in [1.54, 1.807) is 0 Å². The number of nitrogens with zero attached hydrogens (tertiary/aromatic N) is 1. The SMILES string of the molecule is COCC(O)Nc1cc(C(=O)NCC(O)CO)c(I)c(C(=O)N(C)CC(O)CO)c1I. The zero-order chi connectivity index (χ0) is 23.7. The van der Waals surface area contributed by atoms with Crippen molar-refractivity contribution in [1.29, 1.82) is 0 Å². The third kappa shape index (κ3) is 8.23. The molecule has 0 radical (unpaired) electrons. The molecule has 176 valence electrons. The topological polar surface area (TPSA) is 172 Å². The molecule has 0 fully saturated rings. The Morgan fingerprint density at radius 3 is 2.29 bits per heavy atom. The van der Waals surface area contributed by atoms with Crippen LogP contribution in [0.15, 0.2) is 6.07 Å². The maximum atomic E-state index is 13.1. The number of anilines is 1. The first-order valence-corrected chi connectivity index (χ1v) is 11.3. The van der Waals surface area contributed by atoms with Crippen LogP contribution in [0.25, 0.3) is 0 Å². The van der Waals surface area contributed by atoms with Crippen LogP contribution in [0, 0.1) is 7.14 Å². The average molecular weight is 667 g/mol. The summed E-state index contributed by atoms with van der Waals surface area (Å²) in [6, 6.07) is 1.46. The molecule has 1 aromatic carbocycles. The van der Waals surface area contributed by atoms with Crippen molar-refractivity contribution in [1.82, 2.24) is 10.2 Å². The Bertz CT molecular complexity index is 768. The number of likely N-dealkylation sites (N-methyl/N-ethyl adjacent to an activating group) is 1. The molecular formula is C18H27I2N3O8. The standard InChI is InChI=1S/C18H27I2N3O8/c1-23(5-10(27)7-25)18(30)14-15(19)11(17(29)21-4-9(26)6-24)3-12(16(14)20)22-13(28)8-31-2/h3,9-10,13,22,24-28H,4-8H2,1-2H3,(H,21,29). The Hall–Kier alpha value is -0.820. The molecular weight excluding hydrogens is 640 g/mol. The molecule has 13 heteroatoms. The predicted molar refractivity (Wildman–Crippen MR) is 129 cm³/mol. The molecule has 1 aromatic rings. The minimum atomic E-state index is -1.14. The molecule has 0 spiro atoms. The fraction of sp³-hybridized carbons (Fsp3) is 0.556. The molecule has 3 atom stereocenters. The van der Waals surface area contributed by atoms with Gasteiger partial charge >= 0.3 is 0 Å². The number of aliphatic hydroxyl groups excluding tert-OH is 5. The van der Waals surface area contributed by atoms with Gasteiger partial charge in [-0.3, -0.25) is 9.59 Å². The summed E-state index contributed by atoms with van der Waals surface area (Å²) < 4.78 is 5.64. The number of carbonyl (C=O) groups excluding carboxylic acids is 2. The fourth-order valence-corrected chi connectivity index (χ4v) is 4.72. The van der Waals surface area contributed by atoms with Gasteiger partial charge in [-0.15, -0.1) is 0 Å². The highest BCUT2D eigenvalue weighted by molar-refractivity contribution is 14.1. The predicted octanol–water partition coefficient (Wildman–Crippen LogP) is -1.22. The van der Waals surface area contributed by atoms with Crippen LogP contribution in [0.2, 0.25) is 0 Å². The van der Waals surface area contributed by atoms with Gasteiger partial charge in [-0.1, -0.05) is 0 Å². The minimum Gasteiger partial charge on any atom is -0.394 e. The number of hydrogen-bond acceptors (Lipinski definition) is 9. The molecule has 0 heterocycles. The van der Waals surface area contributed by atoms with Crippen molar-refractivity contribution >= 4 is 62.7 Å². The molecule has 7 N–H and O–H groups in total. The number of aliphatic hydroxyl groups is 5. The molecule has 0 bridgehead atoms. The summed E-state index contributed by atoms with van der Waals surface area (Å²) >= 11 is 3.77. The lowest BCUT2D eigenvalue weighted by Gasteiger charge is -2.24. The zero-order valence-corrected chi connectivity index (χ0v) is 21.3. The van der Waals surface area contributed by atoms with E-state index in [1.807, 2.05) is 45.2 Å². The molecule has 0 saturated heterocycles. The Balaban J connectivity index is 3.41. The van der Waals surface area contributed by atoms with E-state index < -0.39 is 43.5 Å². The lowest BCUT2D eigenvalue weighted by Crippen LogP contribution is -2.38. The molecule has 0 aliphatic heterocycles. The van der Waals surface area contributed by atoms with Gasteiger partial charge in [0.15, 0.2) is 0 Å². The molecule has 31 heavy (non-hydrogen) atoms. The van der Waals surface area contributed by atoms with E-state index in [9.17, 15) is 24.9 Å². The summed E-state index contributed by atoms with van der Waals surface area (Å²) in [6.45, 7) is -1.41. The molecule has 0 aromatic heterocycles. The number of hydrogen-bond donors (Lipinski definition) is 7. The Morgan fingerprint density at radius 2 is 1.74 bits per heavy atom. The van der Waals surface area contributed by atoms with Crippen LogP contribution in [-0.2, 0) is 4.74 Å². The molecule has 1 rings (SSSR count). The van der Waals surface area contributed by atoms with Crippen molar-refractivity contribution < 1.29 is 39.9 Å². The minimum absolute atomic E-state index is 0.0435. The van der Waals surface area contributed by atoms with Gasteiger partial charge in [0.1, 0.15) is 6.23 Å². The Kier molecular flexibility index (Phi) is 12.4. The average Bonchev–Trinajstić information content (AvgIpc) is 2.73. The number of amides is 2. The number of nitrogens with one attached hydrogen (secondary N) is 2. The van der Waals surface area contributed by atoms with Crippen molar-refractivity contribution in [3.63, 3.8) is 0 Å². The summed E-state index contributed by atoms with van der Waals surface area (Å²) in [4.78, 5) is 27.0. The highest BCUT2D eigenvalue weighted by Gasteiger charge is 2.27. The number of carbonyl (C=O) groups is 2. The first kappa shape index (κ1) is 28.2. The van der Waals surface area contributed by atoms with Gasteiger partial charge in [0.25, 0.3) is 11.8 Å². The smallest absolute Gasteiger partial charge is 0.255 e. The van der Waals surface area contributed by atoms with Crippen LogP contribution >= 0.6 is 45.2 Å². The van der Waals surface area contributed by atoms with Gasteiger partial charge in [-0.25, -0.2) is 0 Å². The van der Waals surface area contributed by atoms with Crippen LogP contribution in [0.4, 0.5) is 5.69 Å². The maximum absolute atomic E-state index is 13.1. The molecule has 0 aliphatic rings. The monoisotopic (exact) mass is 667 g/mol. The highest BCUT2D eigenvalue weighted by atomic mass is 127. The van der Waals surface area contributed by atoms with E-state index in [2.05, 4.69) is 10.6 Å². The second-order valence-electron chi connectivity index (χ2n) is 6.66. The van der Waals surface area contributed by atoms with Crippen molar-refractivity contribution in [2.24, 2.45) is 0 Å². The Labute approximate surface area is 207 Å². The van der Waals surface area contributed by atoms with Crippen LogP contribution < -0.4 is 10.6 Å². The molecule has 0 aliphatic carbocycles. The van der Waals surface area contributed by atoms with Crippen LogP contribution in [0.5, 0.6) is 0 Å². The summed E-state index contributed by atoms with van der Waals surface area (Å²) in [6.07, 6.45) is -3.38. The van der Waals surface area contributed by atoms with Crippen molar-refractivity contribution in [3.05, 3.63) is 24.3 Å². The van der Waals surface area contributed by atoms with Gasteiger partial charge < -0.3 is 45.8 Å². The first-order chi connectivity index (χ1) is 14.6. The van der Waals surface area contributed by atoms with Crippen molar-refractivity contribution in [3.8, 4) is 0 Å². The van der Waals surface area contributed by atoms with Gasteiger partial charge in [0.05, 0.1) is 52.4 Å². The molecule has 11 nitrogen and oxygen atoms in total. The number of rotatable bonds is 12. The summed E-state index contributed by atoms with van der Waals surface area (Å²) in [5.41, 5.74) is 0.576. The van der Waals surface area contributed by atoms with E-state index in [-0.39, 0.29) is 30.8 Å². The number of methoxy groups -OCH3 is 1. The second kappa shape index (κ2) is 13.7. The summed E-state index contributed by atoms with van der Waals surface area (Å²) in [5.74, 6) is -1.10. The fourth-order valence-electron chi connectivity index (χ4n) is 2.49. The maximum Gasteiger partial charge on any atom is 0.255 e. The van der Waals surface area contributed by atoms with Gasteiger partial charge in [-0.2, -0.15) is 0 Å². The van der Waals surface area contributed by atoms with E-state index in [1.165, 1.54) is 25.1 Å². The van der Waals surface area contributed by atoms with E-state index >= 15 is 0 Å². The van der Waals surface area contributed by atoms with E-state index in [4.69, 9.17) is 14.9 Å². The lowest BCUT2D eigenvalue weighted by atomic mass is 10.1. The first-order valence-electron chi connectivity index (χ1n) is 9.14. The number of benzene rings is 1. The highest BCUT2D eigenvalue weighted by Crippen LogP contribution is 2.31. The zero-order valence-electron chi connectivity index (χ0n) is 17.0. The summed E-state index contributed by atoms with van der Waals surface area (Å²) in [5, 5.41) is 52.5. The molecule has 3 unspecified atom stereocenters. The van der Waals surface area contributed by atoms with Crippen LogP contribution in [0.3, 0.4) is 0 Å². The van der Waals surface area contributed by atoms with Gasteiger partial charge in [-0.05, 0) is 51.2 Å². The normalized spacial score (nSPS) is 14.0. The second-order valence-corrected chi connectivity index (χ2v) is 8.82.